The van der Waals surface area contributed by atoms with Crippen molar-refractivity contribution in [2.24, 2.45) is 5.92 Å². The monoisotopic (exact) mass is 336 g/mol. The Morgan fingerprint density at radius 2 is 2.04 bits per heavy atom. The number of carboxylic acids is 1. The van der Waals surface area contributed by atoms with Crippen LogP contribution in [0.5, 0.6) is 11.5 Å². The predicted molar refractivity (Wildman–Crippen MR) is 85.2 cm³/mol. The molecule has 8 heteroatoms. The number of benzene rings is 1. The van der Waals surface area contributed by atoms with E-state index < -0.39 is 23.8 Å². The van der Waals surface area contributed by atoms with E-state index in [1.54, 1.807) is 18.2 Å². The third kappa shape index (κ3) is 3.58. The van der Waals surface area contributed by atoms with Crippen LogP contribution < -0.4 is 19.7 Å². The van der Waals surface area contributed by atoms with Crippen LogP contribution in [0.1, 0.15) is 13.3 Å². The number of nitrogens with zero attached hydrogens (tertiary/aromatic N) is 1. The van der Waals surface area contributed by atoms with Gasteiger partial charge in [-0.1, -0.05) is 0 Å². The average Bonchev–Trinajstić information content (AvgIpc) is 2.95. The minimum absolute atomic E-state index is 0.0212. The van der Waals surface area contributed by atoms with Crippen molar-refractivity contribution in [3.8, 4) is 11.5 Å². The molecule has 24 heavy (non-hydrogen) atoms. The van der Waals surface area contributed by atoms with Crippen LogP contribution in [0.4, 0.5) is 5.69 Å². The number of ether oxygens (including phenoxy) is 2. The zero-order valence-corrected chi connectivity index (χ0v) is 13.7. The molecule has 0 radical (unpaired) electrons. The van der Waals surface area contributed by atoms with Gasteiger partial charge in [0.25, 0.3) is 0 Å². The van der Waals surface area contributed by atoms with E-state index in [1.165, 1.54) is 26.0 Å². The molecule has 1 fully saturated rings. The van der Waals surface area contributed by atoms with Crippen LogP contribution >= 0.6 is 0 Å². The van der Waals surface area contributed by atoms with Crippen molar-refractivity contribution in [3.63, 3.8) is 0 Å². The molecule has 0 unspecified atom stereocenters. The third-order valence-corrected chi connectivity index (χ3v) is 3.90. The smallest absolute Gasteiger partial charge is 0.325 e. The quantitative estimate of drug-likeness (QED) is 0.790. The summed E-state index contributed by atoms with van der Waals surface area (Å²) in [5.41, 5.74) is 0.546. The summed E-state index contributed by atoms with van der Waals surface area (Å²) < 4.78 is 10.4. The maximum absolute atomic E-state index is 12.3. The van der Waals surface area contributed by atoms with Crippen LogP contribution in [-0.4, -0.2) is 49.7 Å². The highest BCUT2D eigenvalue weighted by molar-refractivity contribution is 6.01. The van der Waals surface area contributed by atoms with Crippen LogP contribution in [0, 0.1) is 5.92 Å². The summed E-state index contributed by atoms with van der Waals surface area (Å²) in [4.78, 5) is 36.7. The molecular weight excluding hydrogens is 316 g/mol. The largest absolute Gasteiger partial charge is 0.497 e. The van der Waals surface area contributed by atoms with Gasteiger partial charge in [-0.3, -0.25) is 14.4 Å². The summed E-state index contributed by atoms with van der Waals surface area (Å²) in [5, 5.41) is 11.2. The lowest BCUT2D eigenvalue weighted by atomic mass is 10.1. The Bertz CT molecular complexity index is 660. The Morgan fingerprint density at radius 1 is 1.33 bits per heavy atom. The molecule has 0 spiro atoms. The molecule has 1 aromatic rings. The van der Waals surface area contributed by atoms with E-state index >= 15 is 0 Å². The maximum atomic E-state index is 12.3. The molecule has 0 saturated carbocycles. The van der Waals surface area contributed by atoms with Crippen LogP contribution in [0.25, 0.3) is 0 Å². The molecule has 1 aliphatic rings. The fourth-order valence-corrected chi connectivity index (χ4v) is 2.52. The van der Waals surface area contributed by atoms with Gasteiger partial charge in [-0.15, -0.1) is 0 Å². The number of nitrogens with one attached hydrogen (secondary N) is 1. The summed E-state index contributed by atoms with van der Waals surface area (Å²) >= 11 is 0. The van der Waals surface area contributed by atoms with Crippen molar-refractivity contribution in [1.29, 1.82) is 0 Å². The zero-order valence-electron chi connectivity index (χ0n) is 13.7. The number of hydrogen-bond acceptors (Lipinski definition) is 5. The van der Waals surface area contributed by atoms with Gasteiger partial charge < -0.3 is 24.8 Å². The van der Waals surface area contributed by atoms with E-state index in [9.17, 15) is 14.4 Å². The highest BCUT2D eigenvalue weighted by Crippen LogP contribution is 2.35. The first-order valence-electron chi connectivity index (χ1n) is 7.43. The van der Waals surface area contributed by atoms with Crippen molar-refractivity contribution in [2.75, 3.05) is 25.7 Å². The Kier molecular flexibility index (Phi) is 5.28. The summed E-state index contributed by atoms with van der Waals surface area (Å²) in [6, 6.07) is 4.04. The molecule has 1 aliphatic heterocycles. The Morgan fingerprint density at radius 3 is 2.62 bits per heavy atom. The molecule has 0 bridgehead atoms. The van der Waals surface area contributed by atoms with Gasteiger partial charge in [0, 0.05) is 19.0 Å². The Labute approximate surface area is 139 Å². The van der Waals surface area contributed by atoms with Gasteiger partial charge >= 0.3 is 5.97 Å². The topological polar surface area (TPSA) is 105 Å². The summed E-state index contributed by atoms with van der Waals surface area (Å²) in [6.07, 6.45) is 0.0212. The molecule has 1 heterocycles. The molecule has 2 amide bonds. The van der Waals surface area contributed by atoms with Crippen molar-refractivity contribution in [2.45, 2.75) is 19.4 Å². The molecule has 1 aromatic carbocycles. The fourth-order valence-electron chi connectivity index (χ4n) is 2.52. The predicted octanol–water partition coefficient (Wildman–Crippen LogP) is 0.646. The van der Waals surface area contributed by atoms with Crippen LogP contribution in [-0.2, 0) is 14.4 Å². The van der Waals surface area contributed by atoms with E-state index in [1.807, 2.05) is 0 Å². The SMILES string of the molecule is COc1ccc(N2C[C@H](C(=O)N[C@H](C)C(=O)O)CC2=O)c(OC)c1. The summed E-state index contributed by atoms with van der Waals surface area (Å²) in [5.74, 6) is -1.35. The first-order valence-corrected chi connectivity index (χ1v) is 7.43. The second kappa shape index (κ2) is 7.20. The van der Waals surface area contributed by atoms with Gasteiger partial charge in [0.1, 0.15) is 17.5 Å². The normalized spacial score (nSPS) is 18.2. The van der Waals surface area contributed by atoms with Crippen LogP contribution in [0.3, 0.4) is 0 Å². The van der Waals surface area contributed by atoms with Crippen molar-refractivity contribution < 1.29 is 29.0 Å². The van der Waals surface area contributed by atoms with E-state index in [0.717, 1.165) is 0 Å². The number of rotatable bonds is 6. The molecule has 2 rings (SSSR count). The van der Waals surface area contributed by atoms with Crippen LogP contribution in [0.15, 0.2) is 18.2 Å². The third-order valence-electron chi connectivity index (χ3n) is 3.90. The molecule has 130 valence electrons. The molecule has 8 nitrogen and oxygen atoms in total. The molecule has 2 N–H and O–H groups in total. The Hall–Kier alpha value is -2.77. The number of carbonyl (C=O) groups excluding carboxylic acids is 2. The maximum Gasteiger partial charge on any atom is 0.325 e. The van der Waals surface area contributed by atoms with E-state index in [0.29, 0.717) is 17.2 Å². The first-order chi connectivity index (χ1) is 11.4. The Balaban J connectivity index is 2.15. The number of carbonyl (C=O) groups is 3. The molecule has 0 aromatic heterocycles. The van der Waals surface area contributed by atoms with Crippen molar-refractivity contribution in [1.82, 2.24) is 5.32 Å². The number of amides is 2. The van der Waals surface area contributed by atoms with E-state index in [4.69, 9.17) is 14.6 Å². The summed E-state index contributed by atoms with van der Waals surface area (Å²) in [6.45, 7) is 1.54. The number of methoxy groups -OCH3 is 2. The highest BCUT2D eigenvalue weighted by atomic mass is 16.5. The molecule has 1 saturated heterocycles. The number of carboxylic acid groups (broad SMARTS) is 1. The molecule has 0 aliphatic carbocycles. The number of anilines is 1. The van der Waals surface area contributed by atoms with Crippen LogP contribution in [0.2, 0.25) is 0 Å². The average molecular weight is 336 g/mol. The minimum atomic E-state index is -1.12. The van der Waals surface area contributed by atoms with Crippen molar-refractivity contribution in [3.05, 3.63) is 18.2 Å². The van der Waals surface area contributed by atoms with Gasteiger partial charge in [-0.05, 0) is 19.1 Å². The van der Waals surface area contributed by atoms with Gasteiger partial charge in [0.15, 0.2) is 0 Å². The zero-order chi connectivity index (χ0) is 17.9. The second-order valence-corrected chi connectivity index (χ2v) is 5.51. The number of hydrogen-bond donors (Lipinski definition) is 2. The van der Waals surface area contributed by atoms with E-state index in [2.05, 4.69) is 5.32 Å². The van der Waals surface area contributed by atoms with Gasteiger partial charge in [0.05, 0.1) is 25.8 Å². The van der Waals surface area contributed by atoms with E-state index in [-0.39, 0.29) is 18.9 Å². The number of aliphatic carboxylic acids is 1. The minimum Gasteiger partial charge on any atom is -0.497 e. The van der Waals surface area contributed by atoms with Gasteiger partial charge in [-0.2, -0.15) is 0 Å². The standard InChI is InChI=1S/C16H20N2O6/c1-9(16(21)22)17-15(20)10-6-14(19)18(8-10)12-5-4-11(23-2)7-13(12)24-3/h4-5,7,9-10H,6,8H2,1-3H3,(H,17,20)(H,21,22)/t9-,10-/m1/s1. The lowest BCUT2D eigenvalue weighted by Gasteiger charge is -2.20. The van der Waals surface area contributed by atoms with Crippen molar-refractivity contribution >= 4 is 23.5 Å². The molecular formula is C16H20N2O6. The van der Waals surface area contributed by atoms with Gasteiger partial charge in [0.2, 0.25) is 11.8 Å². The fraction of sp³-hybridized carbons (Fsp3) is 0.438. The molecule has 2 atom stereocenters. The summed E-state index contributed by atoms with van der Waals surface area (Å²) in [7, 11) is 3.01. The second-order valence-electron chi connectivity index (χ2n) is 5.51. The van der Waals surface area contributed by atoms with Gasteiger partial charge in [-0.25, -0.2) is 0 Å². The lowest BCUT2D eigenvalue weighted by molar-refractivity contribution is -0.141. The lowest BCUT2D eigenvalue weighted by Crippen LogP contribution is -2.42. The first kappa shape index (κ1) is 17.6. The highest BCUT2D eigenvalue weighted by Gasteiger charge is 2.37.